The molecule has 194 valence electrons. The van der Waals surface area contributed by atoms with Crippen LogP contribution in [0.3, 0.4) is 0 Å². The largest absolute Gasteiger partial charge is 0.433 e. The van der Waals surface area contributed by atoms with Gasteiger partial charge in [0.15, 0.2) is 0 Å². The van der Waals surface area contributed by atoms with Crippen LogP contribution in [0.15, 0.2) is 30.5 Å². The lowest BCUT2D eigenvalue weighted by atomic mass is 9.90. The summed E-state index contributed by atoms with van der Waals surface area (Å²) in [4.78, 5) is 16.3. The number of halogens is 8. The first-order chi connectivity index (χ1) is 16.8. The average Bonchev–Trinajstić information content (AvgIpc) is 3.12. The van der Waals surface area contributed by atoms with Crippen LogP contribution in [0.25, 0.3) is 10.9 Å². The van der Waals surface area contributed by atoms with Crippen molar-refractivity contribution in [3.05, 3.63) is 51.9 Å². The number of hydrogen-bond donors (Lipinski definition) is 2. The number of nitrogens with one attached hydrogen (secondary N) is 2. The molecule has 2 N–H and O–H groups in total. The third kappa shape index (κ3) is 6.15. The van der Waals surface area contributed by atoms with Gasteiger partial charge >= 0.3 is 12.4 Å². The maximum Gasteiger partial charge on any atom is 0.433 e. The Morgan fingerprint density at radius 3 is 2.50 bits per heavy atom. The second-order valence-corrected chi connectivity index (χ2v) is 9.31. The molecule has 0 bridgehead atoms. The van der Waals surface area contributed by atoms with Gasteiger partial charge in [-0.3, -0.25) is 4.79 Å². The van der Waals surface area contributed by atoms with E-state index in [9.17, 15) is 31.1 Å². The number of pyridine rings is 1. The molecule has 4 rings (SSSR count). The highest BCUT2D eigenvalue weighted by atomic mass is 35.5. The molecule has 2 heterocycles. The van der Waals surface area contributed by atoms with E-state index in [0.717, 1.165) is 12.3 Å². The Morgan fingerprint density at radius 1 is 1.08 bits per heavy atom. The van der Waals surface area contributed by atoms with Crippen LogP contribution in [0.4, 0.5) is 32.0 Å². The Morgan fingerprint density at radius 2 is 1.81 bits per heavy atom. The predicted molar refractivity (Wildman–Crippen MR) is 122 cm³/mol. The zero-order chi connectivity index (χ0) is 26.3. The second kappa shape index (κ2) is 9.97. The van der Waals surface area contributed by atoms with E-state index in [1.165, 1.54) is 18.2 Å². The molecule has 0 radical (unpaired) electrons. The number of carbonyl (C=O) groups is 1. The first-order valence-electron chi connectivity index (χ1n) is 10.8. The molecule has 1 aliphatic carbocycles. The molecular formula is C22H19Cl2F6N5O. The second-order valence-electron chi connectivity index (χ2n) is 8.51. The van der Waals surface area contributed by atoms with E-state index < -0.39 is 35.7 Å². The number of alkyl halides is 6. The van der Waals surface area contributed by atoms with Crippen molar-refractivity contribution in [3.63, 3.8) is 0 Å². The maximum absolute atomic E-state index is 13.4. The molecule has 1 fully saturated rings. The smallest absolute Gasteiger partial charge is 0.382 e. The normalized spacial score (nSPS) is 18.9. The first-order valence-corrected chi connectivity index (χ1v) is 11.6. The number of aromatic nitrogens is 3. The Labute approximate surface area is 211 Å². The van der Waals surface area contributed by atoms with Gasteiger partial charge in [-0.2, -0.15) is 31.4 Å². The molecule has 0 aliphatic heterocycles. The molecular weight excluding hydrogens is 535 g/mol. The van der Waals surface area contributed by atoms with Gasteiger partial charge in [-0.25, -0.2) is 9.67 Å². The number of benzene rings is 1. The minimum atomic E-state index is -4.65. The molecule has 36 heavy (non-hydrogen) atoms. The molecule has 1 amide bonds. The van der Waals surface area contributed by atoms with Crippen LogP contribution < -0.4 is 10.6 Å². The average molecular weight is 554 g/mol. The fraction of sp³-hybridized carbons (Fsp3) is 0.409. The molecule has 14 heteroatoms. The Bertz CT molecular complexity index is 1280. The van der Waals surface area contributed by atoms with E-state index in [2.05, 4.69) is 20.7 Å². The van der Waals surface area contributed by atoms with Crippen LogP contribution in [0, 0.1) is 0 Å². The standard InChI is InChI=1S/C22H19Cl2F6N5O/c23-11-4-5-16-14(6-11)17(8-18(34-16)22(28,29)30)32-12-2-1-3-13(7-12)33-20(36)15-9-31-35(19(15)24)10-21(25,26)27/h4-6,8-9,12-13H,1-3,7,10H2,(H,32,34)(H,33,36)/t12-,13+/m0/s1. The highest BCUT2D eigenvalue weighted by Gasteiger charge is 2.34. The van der Waals surface area contributed by atoms with Crippen molar-refractivity contribution in [2.75, 3.05) is 5.32 Å². The van der Waals surface area contributed by atoms with Gasteiger partial charge in [-0.05, 0) is 49.9 Å². The lowest BCUT2D eigenvalue weighted by Crippen LogP contribution is -2.41. The van der Waals surface area contributed by atoms with Crippen molar-refractivity contribution < 1.29 is 31.1 Å². The minimum Gasteiger partial charge on any atom is -0.382 e. The number of fused-ring (bicyclic) bond motifs is 1. The van der Waals surface area contributed by atoms with Crippen LogP contribution in [0.1, 0.15) is 41.7 Å². The monoisotopic (exact) mass is 553 g/mol. The SMILES string of the molecule is O=C(N[C@@H]1CCC[C@H](Nc2cc(C(F)(F)F)nc3ccc(Cl)cc23)C1)c1cnn(CC(F)(F)F)c1Cl. The van der Waals surface area contributed by atoms with Gasteiger partial charge in [-0.1, -0.05) is 23.2 Å². The van der Waals surface area contributed by atoms with Crippen molar-refractivity contribution in [2.45, 2.75) is 56.7 Å². The van der Waals surface area contributed by atoms with Gasteiger partial charge in [0.05, 0.1) is 17.3 Å². The van der Waals surface area contributed by atoms with E-state index in [0.29, 0.717) is 40.8 Å². The molecule has 0 saturated heterocycles. The van der Waals surface area contributed by atoms with Crippen LogP contribution >= 0.6 is 23.2 Å². The summed E-state index contributed by atoms with van der Waals surface area (Å²) in [5, 5.41) is 9.73. The summed E-state index contributed by atoms with van der Waals surface area (Å²) in [6.45, 7) is -1.43. The Balaban J connectivity index is 1.49. The van der Waals surface area contributed by atoms with Crippen molar-refractivity contribution in [3.8, 4) is 0 Å². The van der Waals surface area contributed by atoms with Gasteiger partial charge in [0, 0.05) is 28.2 Å². The van der Waals surface area contributed by atoms with E-state index in [-0.39, 0.29) is 28.9 Å². The van der Waals surface area contributed by atoms with Crippen LogP contribution in [-0.4, -0.2) is 38.9 Å². The Hall–Kier alpha value is -2.73. The number of amides is 1. The van der Waals surface area contributed by atoms with Crippen LogP contribution in [0.2, 0.25) is 10.2 Å². The third-order valence-corrected chi connectivity index (χ3v) is 6.41. The number of hydrogen-bond acceptors (Lipinski definition) is 4. The number of rotatable bonds is 5. The van der Waals surface area contributed by atoms with E-state index in [4.69, 9.17) is 23.2 Å². The summed E-state index contributed by atoms with van der Waals surface area (Å²) in [5.41, 5.74) is -0.905. The molecule has 6 nitrogen and oxygen atoms in total. The zero-order valence-electron chi connectivity index (χ0n) is 18.4. The quantitative estimate of drug-likeness (QED) is 0.355. The van der Waals surface area contributed by atoms with Gasteiger partial charge in [0.25, 0.3) is 5.91 Å². The lowest BCUT2D eigenvalue weighted by molar-refractivity contribution is -0.142. The van der Waals surface area contributed by atoms with Crippen LogP contribution in [-0.2, 0) is 12.7 Å². The molecule has 0 unspecified atom stereocenters. The highest BCUT2D eigenvalue weighted by Crippen LogP contribution is 2.35. The molecule has 2 aromatic heterocycles. The van der Waals surface area contributed by atoms with E-state index >= 15 is 0 Å². The van der Waals surface area contributed by atoms with E-state index in [1.54, 1.807) is 0 Å². The molecule has 2 atom stereocenters. The lowest BCUT2D eigenvalue weighted by Gasteiger charge is -2.31. The summed E-state index contributed by atoms with van der Waals surface area (Å²) in [5.74, 6) is -0.681. The summed E-state index contributed by atoms with van der Waals surface area (Å²) in [6.07, 6.45) is -6.02. The first kappa shape index (κ1) is 26.3. The molecule has 3 aromatic rings. The van der Waals surface area contributed by atoms with Crippen molar-refractivity contribution in [1.82, 2.24) is 20.1 Å². The van der Waals surface area contributed by atoms with Gasteiger partial charge in [0.2, 0.25) is 0 Å². The zero-order valence-corrected chi connectivity index (χ0v) is 19.9. The molecule has 1 aliphatic rings. The molecule has 0 spiro atoms. The maximum atomic E-state index is 13.4. The fourth-order valence-corrected chi connectivity index (χ4v) is 4.61. The summed E-state index contributed by atoms with van der Waals surface area (Å²) >= 11 is 12.0. The highest BCUT2D eigenvalue weighted by molar-refractivity contribution is 6.33. The summed E-state index contributed by atoms with van der Waals surface area (Å²) < 4.78 is 78.6. The number of carbonyl (C=O) groups excluding carboxylic acids is 1. The summed E-state index contributed by atoms with van der Waals surface area (Å²) in [6, 6.07) is 4.63. The van der Waals surface area contributed by atoms with Crippen molar-refractivity contribution in [1.29, 1.82) is 0 Å². The number of nitrogens with zero attached hydrogens (tertiary/aromatic N) is 3. The van der Waals surface area contributed by atoms with Crippen LogP contribution in [0.5, 0.6) is 0 Å². The fourth-order valence-electron chi connectivity index (χ4n) is 4.20. The predicted octanol–water partition coefficient (Wildman–Crippen LogP) is 6.47. The number of anilines is 1. The topological polar surface area (TPSA) is 71.8 Å². The van der Waals surface area contributed by atoms with E-state index in [1.807, 2.05) is 0 Å². The molecule has 1 saturated carbocycles. The third-order valence-electron chi connectivity index (χ3n) is 5.78. The van der Waals surface area contributed by atoms with Gasteiger partial charge in [-0.15, -0.1) is 0 Å². The van der Waals surface area contributed by atoms with Gasteiger partial charge in [0.1, 0.15) is 17.4 Å². The van der Waals surface area contributed by atoms with Crippen molar-refractivity contribution >= 4 is 45.7 Å². The minimum absolute atomic E-state index is 0.128. The Kier molecular flexibility index (Phi) is 7.29. The van der Waals surface area contributed by atoms with Gasteiger partial charge < -0.3 is 10.6 Å². The molecule has 1 aromatic carbocycles. The summed E-state index contributed by atoms with van der Waals surface area (Å²) in [7, 11) is 0. The van der Waals surface area contributed by atoms with Crippen molar-refractivity contribution in [2.24, 2.45) is 0 Å².